The molecule has 1 aliphatic heterocycles. The van der Waals surface area contributed by atoms with Crippen LogP contribution in [0.25, 0.3) is 0 Å². The van der Waals surface area contributed by atoms with Gasteiger partial charge in [0.2, 0.25) is 0 Å². The summed E-state index contributed by atoms with van der Waals surface area (Å²) in [6, 6.07) is 14.2. The molecule has 1 heterocycles. The monoisotopic (exact) mass is 551 g/mol. The van der Waals surface area contributed by atoms with Crippen LogP contribution in [0.2, 0.25) is 0 Å². The topological polar surface area (TPSA) is 21.6 Å². The van der Waals surface area contributed by atoms with Crippen LogP contribution in [0, 0.1) is 96.1 Å². The minimum absolute atomic E-state index is 0. The van der Waals surface area contributed by atoms with Gasteiger partial charge in [-0.25, -0.2) is 4.99 Å². The van der Waals surface area contributed by atoms with Crippen molar-refractivity contribution in [3.8, 4) is 0 Å². The molecule has 2 aromatic rings. The average molecular weight is 551 g/mol. The summed E-state index contributed by atoms with van der Waals surface area (Å²) in [5.41, 5.74) is 7.01. The van der Waals surface area contributed by atoms with Crippen LogP contribution >= 0.6 is 7.92 Å². The Morgan fingerprint density at radius 2 is 1.14 bits per heavy atom. The van der Waals surface area contributed by atoms with Crippen molar-refractivity contribution in [2.75, 3.05) is 6.61 Å². The van der Waals surface area contributed by atoms with Crippen LogP contribution in [0.15, 0.2) is 41.4 Å². The SMILES string of the molecule is CC(C)(C)[C@H]1COC([C]2[CH][CH][CH][CH]2)=N1.Cc1cc(C)cc(P([C]2[CH][CH][CH][CH]2)c2cc(C)cc(C)c2)c1.[Fe+2]. The Morgan fingerprint density at radius 1 is 0.703 bits per heavy atom. The van der Waals surface area contributed by atoms with Crippen molar-refractivity contribution in [3.63, 3.8) is 0 Å². The number of hydrogen-bond donors (Lipinski definition) is 0. The number of nitrogens with zero attached hydrogens (tertiary/aromatic N) is 1. The molecule has 2 nitrogen and oxygen atoms in total. The number of benzene rings is 2. The summed E-state index contributed by atoms with van der Waals surface area (Å²) >= 11 is 0. The Morgan fingerprint density at radius 3 is 1.54 bits per heavy atom. The summed E-state index contributed by atoms with van der Waals surface area (Å²) in [6.07, 6.45) is 16.9. The predicted octanol–water partition coefficient (Wildman–Crippen LogP) is 6.95. The van der Waals surface area contributed by atoms with Crippen molar-refractivity contribution in [1.82, 2.24) is 0 Å². The van der Waals surface area contributed by atoms with Gasteiger partial charge in [0.05, 0.1) is 12.0 Å². The summed E-state index contributed by atoms with van der Waals surface area (Å²) in [7, 11) is -0.474. The van der Waals surface area contributed by atoms with Crippen molar-refractivity contribution < 1.29 is 21.8 Å². The molecule has 2 fully saturated rings. The van der Waals surface area contributed by atoms with Crippen LogP contribution in [0.4, 0.5) is 0 Å². The van der Waals surface area contributed by atoms with Crippen molar-refractivity contribution in [1.29, 1.82) is 0 Å². The zero-order chi connectivity index (χ0) is 25.9. The number of aliphatic imine (C=N–C) groups is 1. The first-order valence-electron chi connectivity index (χ1n) is 12.7. The minimum Gasteiger partial charge on any atom is -0.478 e. The van der Waals surface area contributed by atoms with Crippen LogP contribution in [0.5, 0.6) is 0 Å². The Hall–Kier alpha value is -1.14. The van der Waals surface area contributed by atoms with Gasteiger partial charge in [-0.3, -0.25) is 0 Å². The van der Waals surface area contributed by atoms with Gasteiger partial charge >= 0.3 is 17.1 Å². The summed E-state index contributed by atoms with van der Waals surface area (Å²) in [4.78, 5) is 4.60. The molecule has 192 valence electrons. The Balaban J connectivity index is 0.000000220. The molecular formula is C33H38FeNOP+2. The summed E-state index contributed by atoms with van der Waals surface area (Å²) in [5.74, 6) is 1.90. The van der Waals surface area contributed by atoms with Gasteiger partial charge in [0.1, 0.15) is 6.61 Å². The Labute approximate surface area is 238 Å². The molecular weight excluding hydrogens is 513 g/mol. The fraction of sp³-hybridized carbons (Fsp3) is 0.303. The van der Waals surface area contributed by atoms with Crippen molar-refractivity contribution >= 4 is 24.4 Å². The van der Waals surface area contributed by atoms with E-state index in [0.717, 1.165) is 11.8 Å². The van der Waals surface area contributed by atoms with E-state index in [1.807, 2.05) is 25.7 Å². The van der Waals surface area contributed by atoms with Crippen LogP contribution in [-0.2, 0) is 21.8 Å². The van der Waals surface area contributed by atoms with Crippen molar-refractivity contribution in [2.24, 2.45) is 10.4 Å². The van der Waals surface area contributed by atoms with Gasteiger partial charge in [0.25, 0.3) is 0 Å². The predicted molar refractivity (Wildman–Crippen MR) is 156 cm³/mol. The van der Waals surface area contributed by atoms with E-state index in [-0.39, 0.29) is 28.5 Å². The molecule has 2 aliphatic carbocycles. The maximum atomic E-state index is 5.59. The maximum absolute atomic E-state index is 5.59. The molecule has 0 amide bonds. The zero-order valence-electron chi connectivity index (χ0n) is 23.0. The van der Waals surface area contributed by atoms with Gasteiger partial charge in [0.15, 0.2) is 5.90 Å². The largest absolute Gasteiger partial charge is 2.00 e. The Kier molecular flexibility index (Phi) is 10.9. The molecule has 0 bridgehead atoms. The van der Waals surface area contributed by atoms with Crippen LogP contribution in [0.3, 0.4) is 0 Å². The normalized spacial score (nSPS) is 20.3. The summed E-state index contributed by atoms with van der Waals surface area (Å²) < 4.78 is 5.59. The molecule has 0 unspecified atom stereocenters. The van der Waals surface area contributed by atoms with Gasteiger partial charge in [-0.1, -0.05) is 79.4 Å². The first-order valence-corrected chi connectivity index (χ1v) is 14.1. The third-order valence-electron chi connectivity index (χ3n) is 6.39. The first kappa shape index (κ1) is 30.4. The molecule has 0 saturated heterocycles. The fourth-order valence-electron chi connectivity index (χ4n) is 4.61. The van der Waals surface area contributed by atoms with E-state index in [1.165, 1.54) is 38.5 Å². The van der Waals surface area contributed by atoms with Crippen LogP contribution < -0.4 is 10.6 Å². The molecule has 0 N–H and O–H groups in total. The molecule has 10 radical (unpaired) electrons. The Bertz CT molecular complexity index is 968. The van der Waals surface area contributed by atoms with E-state index in [0.29, 0.717) is 6.61 Å². The molecule has 37 heavy (non-hydrogen) atoms. The van der Waals surface area contributed by atoms with Crippen molar-refractivity contribution in [2.45, 2.75) is 54.5 Å². The molecule has 4 heteroatoms. The van der Waals surface area contributed by atoms with Gasteiger partial charge in [-0.2, -0.15) is 0 Å². The summed E-state index contributed by atoms with van der Waals surface area (Å²) in [5, 5.41) is 2.90. The van der Waals surface area contributed by atoms with E-state index in [9.17, 15) is 0 Å². The standard InChI is InChI=1S/C21H22P.C12H16NO.Fe/c1-15-9-16(2)12-20(11-15)22(19-7-5-6-8-19)21-13-17(3)10-18(4)14-21;1-12(2,3)10-8-14-11(13-10)9-6-4-5-7-9;/h5-14H,1-4H3;4-7,10H,8H2,1-3H3;/q;;+2/t;10-;/m.1./s1. The molecule has 0 aromatic heterocycles. The van der Waals surface area contributed by atoms with Gasteiger partial charge in [0, 0.05) is 5.66 Å². The molecule has 0 spiro atoms. The summed E-state index contributed by atoms with van der Waals surface area (Å²) in [6.45, 7) is 16.1. The van der Waals surface area contributed by atoms with Crippen LogP contribution in [0.1, 0.15) is 43.0 Å². The minimum atomic E-state index is -0.474. The van der Waals surface area contributed by atoms with Crippen molar-refractivity contribution in [3.05, 3.63) is 122 Å². The van der Waals surface area contributed by atoms with Gasteiger partial charge < -0.3 is 4.74 Å². The molecule has 3 aliphatic rings. The molecule has 1 atom stereocenters. The third kappa shape index (κ3) is 8.17. The van der Waals surface area contributed by atoms with Crippen LogP contribution in [-0.4, -0.2) is 18.5 Å². The van der Waals surface area contributed by atoms with E-state index >= 15 is 0 Å². The number of hydrogen-bond acceptors (Lipinski definition) is 2. The third-order valence-corrected chi connectivity index (χ3v) is 8.76. The molecule has 2 saturated carbocycles. The van der Waals surface area contributed by atoms with Gasteiger partial charge in [-0.05, 0) is 103 Å². The maximum Gasteiger partial charge on any atom is 2.00 e. The average Bonchev–Trinajstić information content (AvgIpc) is 3.54. The smallest absolute Gasteiger partial charge is 0.478 e. The van der Waals surface area contributed by atoms with E-state index < -0.39 is 7.92 Å². The zero-order valence-corrected chi connectivity index (χ0v) is 25.0. The van der Waals surface area contributed by atoms with E-state index in [1.54, 1.807) is 0 Å². The second-order valence-electron chi connectivity index (χ2n) is 11.0. The number of aryl methyl sites for hydroxylation is 4. The first-order chi connectivity index (χ1) is 17.1. The molecule has 2 aromatic carbocycles. The number of ether oxygens (including phenoxy) is 1. The quantitative estimate of drug-likeness (QED) is 0.298. The van der Waals surface area contributed by atoms with E-state index in [2.05, 4.69) is 116 Å². The van der Waals surface area contributed by atoms with E-state index in [4.69, 9.17) is 4.74 Å². The second kappa shape index (κ2) is 13.3. The fourth-order valence-corrected chi connectivity index (χ4v) is 7.31. The second-order valence-corrected chi connectivity index (χ2v) is 13.2. The molecule has 5 rings (SSSR count). The number of rotatable bonds is 4. The van der Waals surface area contributed by atoms with Gasteiger partial charge in [-0.15, -0.1) is 0 Å².